The Hall–Kier alpha value is -7.74. The molecule has 11 rings (SSSR count). The Labute approximate surface area is 323 Å². The molecule has 0 atom stereocenters. The van der Waals surface area contributed by atoms with Crippen molar-refractivity contribution in [2.24, 2.45) is 0 Å². The van der Waals surface area contributed by atoms with Crippen molar-refractivity contribution < 1.29 is 0 Å². The van der Waals surface area contributed by atoms with E-state index in [0.717, 1.165) is 60.5 Å². The quantitative estimate of drug-likeness (QED) is 0.167. The summed E-state index contributed by atoms with van der Waals surface area (Å²) in [4.78, 5) is 15.1. The monoisotopic (exact) mass is 710 g/mol. The molecule has 1 heterocycles. The molecular formula is C52H30N4. The number of rotatable bonds is 5. The summed E-state index contributed by atoms with van der Waals surface area (Å²) in [6.07, 6.45) is 0. The van der Waals surface area contributed by atoms with Crippen LogP contribution in [0.25, 0.3) is 111 Å². The van der Waals surface area contributed by atoms with Gasteiger partial charge in [0.1, 0.15) is 0 Å². The van der Waals surface area contributed by atoms with E-state index in [4.69, 9.17) is 15.0 Å². The number of benzene rings is 9. The van der Waals surface area contributed by atoms with Gasteiger partial charge in [-0.2, -0.15) is 5.26 Å². The van der Waals surface area contributed by atoms with Crippen LogP contribution in [0, 0.1) is 11.3 Å². The fourth-order valence-corrected chi connectivity index (χ4v) is 8.53. The van der Waals surface area contributed by atoms with Crippen LogP contribution in [0.3, 0.4) is 0 Å². The molecular weight excluding hydrogens is 681 g/mol. The van der Waals surface area contributed by atoms with Crippen LogP contribution in [0.5, 0.6) is 0 Å². The third kappa shape index (κ3) is 5.03. The van der Waals surface area contributed by atoms with Crippen LogP contribution in [0.1, 0.15) is 5.56 Å². The number of hydrogen-bond acceptors (Lipinski definition) is 4. The molecule has 258 valence electrons. The third-order valence-electron chi connectivity index (χ3n) is 11.1. The van der Waals surface area contributed by atoms with Crippen LogP contribution >= 0.6 is 0 Å². The number of hydrogen-bond donors (Lipinski definition) is 0. The van der Waals surface area contributed by atoms with E-state index in [-0.39, 0.29) is 0 Å². The highest BCUT2D eigenvalue weighted by Gasteiger charge is 2.25. The summed E-state index contributed by atoms with van der Waals surface area (Å²) in [5.41, 5.74) is 12.9. The zero-order valence-electron chi connectivity index (χ0n) is 30.1. The topological polar surface area (TPSA) is 62.5 Å². The Kier molecular flexibility index (Phi) is 7.20. The molecule has 0 spiro atoms. The second kappa shape index (κ2) is 12.7. The van der Waals surface area contributed by atoms with Gasteiger partial charge in [-0.3, -0.25) is 0 Å². The normalized spacial score (nSPS) is 11.6. The van der Waals surface area contributed by atoms with Crippen molar-refractivity contribution in [2.45, 2.75) is 0 Å². The lowest BCUT2D eigenvalue weighted by Crippen LogP contribution is -2.00. The summed E-state index contributed by atoms with van der Waals surface area (Å²) in [5, 5.41) is 16.8. The van der Waals surface area contributed by atoms with Crippen molar-refractivity contribution in [1.29, 1.82) is 5.26 Å². The number of fused-ring (bicyclic) bond motifs is 5. The molecule has 0 aliphatic heterocycles. The third-order valence-corrected chi connectivity index (χ3v) is 11.1. The van der Waals surface area contributed by atoms with Gasteiger partial charge in [0.05, 0.1) is 11.6 Å². The van der Waals surface area contributed by atoms with Gasteiger partial charge in [0.25, 0.3) is 0 Å². The molecule has 0 radical (unpaired) electrons. The first kappa shape index (κ1) is 31.8. The first-order chi connectivity index (χ1) is 27.7. The standard InChI is InChI=1S/C52H30N4/c53-31-32-12-9-17-35(28-32)38-24-25-42-39-20-7-8-21-40(39)43-26-27-44(48(38)49(42)43)41-22-10-18-36-30-47-37(29-46(36)41)19-11-23-45(47)52-55-50(33-13-3-1-4-14-33)54-51(56-52)34-15-5-2-6-16-34/h1-30H. The van der Waals surface area contributed by atoms with Gasteiger partial charge in [0, 0.05) is 16.7 Å². The Morgan fingerprint density at radius 2 is 0.768 bits per heavy atom. The van der Waals surface area contributed by atoms with E-state index in [1.165, 1.54) is 33.0 Å². The molecule has 4 nitrogen and oxygen atoms in total. The highest BCUT2D eigenvalue weighted by molar-refractivity contribution is 6.24. The van der Waals surface area contributed by atoms with Crippen LogP contribution in [0.2, 0.25) is 0 Å². The Morgan fingerprint density at radius 3 is 1.38 bits per heavy atom. The lowest BCUT2D eigenvalue weighted by atomic mass is 9.86. The predicted octanol–water partition coefficient (Wildman–Crippen LogP) is 13.2. The van der Waals surface area contributed by atoms with Gasteiger partial charge < -0.3 is 0 Å². The fraction of sp³-hybridized carbons (Fsp3) is 0. The van der Waals surface area contributed by atoms with Crippen molar-refractivity contribution >= 4 is 32.3 Å². The summed E-state index contributed by atoms with van der Waals surface area (Å²) < 4.78 is 0. The lowest BCUT2D eigenvalue weighted by molar-refractivity contribution is 1.08. The van der Waals surface area contributed by atoms with Crippen LogP contribution < -0.4 is 0 Å². The zero-order valence-corrected chi connectivity index (χ0v) is 30.1. The summed E-state index contributed by atoms with van der Waals surface area (Å²) >= 11 is 0. The van der Waals surface area contributed by atoms with Gasteiger partial charge in [-0.1, -0.05) is 158 Å². The molecule has 1 aliphatic rings. The van der Waals surface area contributed by atoms with Gasteiger partial charge in [-0.15, -0.1) is 0 Å². The average molecular weight is 711 g/mol. The molecule has 10 aromatic rings. The molecule has 0 saturated carbocycles. The van der Waals surface area contributed by atoms with Crippen molar-refractivity contribution in [2.75, 3.05) is 0 Å². The molecule has 4 heteroatoms. The van der Waals surface area contributed by atoms with Gasteiger partial charge in [0.2, 0.25) is 0 Å². The van der Waals surface area contributed by atoms with Crippen molar-refractivity contribution in [1.82, 2.24) is 15.0 Å². The van der Waals surface area contributed by atoms with Crippen LogP contribution in [-0.2, 0) is 0 Å². The van der Waals surface area contributed by atoms with Gasteiger partial charge in [-0.05, 0) is 101 Å². The minimum atomic E-state index is 0.634. The summed E-state index contributed by atoms with van der Waals surface area (Å²) in [7, 11) is 0. The Bertz CT molecular complexity index is 3170. The van der Waals surface area contributed by atoms with Crippen molar-refractivity contribution in [3.8, 4) is 84.7 Å². The van der Waals surface area contributed by atoms with E-state index < -0.39 is 0 Å². The summed E-state index contributed by atoms with van der Waals surface area (Å²) in [6.45, 7) is 0. The average Bonchev–Trinajstić information content (AvgIpc) is 3.60. The first-order valence-corrected chi connectivity index (χ1v) is 18.7. The molecule has 0 unspecified atom stereocenters. The Balaban J connectivity index is 1.14. The molecule has 0 saturated heterocycles. The van der Waals surface area contributed by atoms with Crippen LogP contribution in [0.15, 0.2) is 182 Å². The van der Waals surface area contributed by atoms with E-state index in [2.05, 4.69) is 109 Å². The van der Waals surface area contributed by atoms with E-state index in [1.54, 1.807) is 0 Å². The number of nitriles is 1. The molecule has 0 N–H and O–H groups in total. The molecule has 1 aliphatic carbocycles. The van der Waals surface area contributed by atoms with E-state index >= 15 is 0 Å². The molecule has 56 heavy (non-hydrogen) atoms. The van der Waals surface area contributed by atoms with Crippen molar-refractivity contribution in [3.05, 3.63) is 188 Å². The maximum Gasteiger partial charge on any atom is 0.164 e. The van der Waals surface area contributed by atoms with Gasteiger partial charge in [0.15, 0.2) is 17.5 Å². The maximum atomic E-state index is 9.84. The van der Waals surface area contributed by atoms with Crippen molar-refractivity contribution in [3.63, 3.8) is 0 Å². The lowest BCUT2D eigenvalue weighted by Gasteiger charge is -2.17. The smallest absolute Gasteiger partial charge is 0.164 e. The first-order valence-electron chi connectivity index (χ1n) is 18.7. The molecule has 0 fully saturated rings. The van der Waals surface area contributed by atoms with Crippen LogP contribution in [-0.4, -0.2) is 15.0 Å². The molecule has 0 amide bonds. The number of nitrogens with zero attached hydrogens (tertiary/aromatic N) is 4. The second-order valence-corrected chi connectivity index (χ2v) is 14.3. The van der Waals surface area contributed by atoms with Gasteiger partial charge in [-0.25, -0.2) is 15.0 Å². The summed E-state index contributed by atoms with van der Waals surface area (Å²) in [5.74, 6) is 1.91. The minimum Gasteiger partial charge on any atom is -0.208 e. The van der Waals surface area contributed by atoms with Crippen LogP contribution in [0.4, 0.5) is 0 Å². The van der Waals surface area contributed by atoms with E-state index in [9.17, 15) is 5.26 Å². The van der Waals surface area contributed by atoms with E-state index in [1.807, 2.05) is 78.9 Å². The number of aromatic nitrogens is 3. The molecule has 1 aromatic heterocycles. The maximum absolute atomic E-state index is 9.84. The van der Waals surface area contributed by atoms with E-state index in [0.29, 0.717) is 23.0 Å². The highest BCUT2D eigenvalue weighted by atomic mass is 15.0. The molecule has 0 bridgehead atoms. The molecule has 9 aromatic carbocycles. The fourth-order valence-electron chi connectivity index (χ4n) is 8.53. The highest BCUT2D eigenvalue weighted by Crippen LogP contribution is 2.52. The predicted molar refractivity (Wildman–Crippen MR) is 229 cm³/mol. The minimum absolute atomic E-state index is 0.634. The largest absolute Gasteiger partial charge is 0.208 e. The Morgan fingerprint density at radius 1 is 0.321 bits per heavy atom. The zero-order chi connectivity index (χ0) is 37.2. The second-order valence-electron chi connectivity index (χ2n) is 14.3. The van der Waals surface area contributed by atoms with Gasteiger partial charge >= 0.3 is 0 Å². The summed E-state index contributed by atoms with van der Waals surface area (Å²) in [6, 6.07) is 65.8. The SMILES string of the molecule is N#Cc1cccc(-c2ccc3c4c(ccc(-c5cccc6cc7c(-c8nc(-c9ccccc9)nc(-c9ccccc9)n8)cccc7cc56)c24)-c2ccccc2-3)c1.